The van der Waals surface area contributed by atoms with Gasteiger partial charge < -0.3 is 4.74 Å². The molecule has 0 spiro atoms. The molecule has 0 aliphatic carbocycles. The summed E-state index contributed by atoms with van der Waals surface area (Å²) in [6.45, 7) is 0.784. The number of ether oxygens (including phenoxy) is 1. The van der Waals surface area contributed by atoms with Crippen LogP contribution in [-0.2, 0) is 0 Å². The van der Waals surface area contributed by atoms with Gasteiger partial charge in [-0.25, -0.2) is 0 Å². The number of para-hydroxylation sites is 1. The van der Waals surface area contributed by atoms with Crippen molar-refractivity contribution in [2.45, 2.75) is 6.42 Å². The second kappa shape index (κ2) is 7.30. The lowest BCUT2D eigenvalue weighted by atomic mass is 10.1. The Kier molecular flexibility index (Phi) is 6.28. The molecule has 14 heavy (non-hydrogen) atoms. The molecule has 0 atom stereocenters. The average molecular weight is 322 g/mol. The minimum atomic E-state index is 0.652. The molecule has 0 aliphatic heterocycles. The van der Waals surface area contributed by atoms with Crippen LogP contribution in [0.2, 0.25) is 0 Å². The summed E-state index contributed by atoms with van der Waals surface area (Å²) < 4.78 is 5.60. The Bertz CT molecular complexity index is 234. The van der Waals surface area contributed by atoms with Crippen molar-refractivity contribution in [2.24, 2.45) is 5.92 Å². The van der Waals surface area contributed by atoms with Crippen LogP contribution in [-0.4, -0.2) is 17.3 Å². The van der Waals surface area contributed by atoms with Crippen molar-refractivity contribution in [1.82, 2.24) is 0 Å². The highest BCUT2D eigenvalue weighted by atomic mass is 79.9. The topological polar surface area (TPSA) is 9.23 Å². The van der Waals surface area contributed by atoms with Gasteiger partial charge in [-0.3, -0.25) is 0 Å². The van der Waals surface area contributed by atoms with E-state index in [0.29, 0.717) is 5.92 Å². The van der Waals surface area contributed by atoms with E-state index in [2.05, 4.69) is 31.9 Å². The molecular weight excluding hydrogens is 308 g/mol. The zero-order valence-corrected chi connectivity index (χ0v) is 11.1. The van der Waals surface area contributed by atoms with Crippen LogP contribution >= 0.6 is 31.9 Å². The summed E-state index contributed by atoms with van der Waals surface area (Å²) in [7, 11) is 0. The van der Waals surface area contributed by atoms with E-state index in [9.17, 15) is 0 Å². The molecule has 1 aromatic carbocycles. The van der Waals surface area contributed by atoms with Gasteiger partial charge in [-0.05, 0) is 24.5 Å². The second-order valence-corrected chi connectivity index (χ2v) is 4.42. The van der Waals surface area contributed by atoms with Gasteiger partial charge in [0, 0.05) is 10.7 Å². The van der Waals surface area contributed by atoms with Crippen LogP contribution in [0.5, 0.6) is 5.75 Å². The molecule has 78 valence electrons. The van der Waals surface area contributed by atoms with E-state index in [0.717, 1.165) is 29.4 Å². The smallest absolute Gasteiger partial charge is 0.119 e. The number of alkyl halides is 2. The third-order valence-electron chi connectivity index (χ3n) is 1.97. The van der Waals surface area contributed by atoms with Gasteiger partial charge in [0.15, 0.2) is 0 Å². The Labute approximate surface area is 102 Å². The maximum atomic E-state index is 5.60. The first-order valence-corrected chi connectivity index (χ1v) is 6.91. The first kappa shape index (κ1) is 12.1. The Morgan fingerprint density at radius 3 is 2.29 bits per heavy atom. The molecule has 0 amide bonds. The third kappa shape index (κ3) is 4.47. The van der Waals surface area contributed by atoms with Crippen LogP contribution in [0.3, 0.4) is 0 Å². The maximum absolute atomic E-state index is 5.60. The van der Waals surface area contributed by atoms with Crippen LogP contribution in [0.15, 0.2) is 30.3 Å². The van der Waals surface area contributed by atoms with Crippen LogP contribution in [0.1, 0.15) is 6.42 Å². The highest BCUT2D eigenvalue weighted by molar-refractivity contribution is 9.09. The summed E-state index contributed by atoms with van der Waals surface area (Å²) in [6, 6.07) is 9.94. The highest BCUT2D eigenvalue weighted by Crippen LogP contribution is 2.13. The molecule has 0 unspecified atom stereocenters. The van der Waals surface area contributed by atoms with Crippen molar-refractivity contribution in [2.75, 3.05) is 17.3 Å². The number of halogens is 2. The molecule has 0 radical (unpaired) electrons. The molecule has 1 rings (SSSR count). The van der Waals surface area contributed by atoms with E-state index in [-0.39, 0.29) is 0 Å². The summed E-state index contributed by atoms with van der Waals surface area (Å²) in [5, 5.41) is 2.05. The quantitative estimate of drug-likeness (QED) is 0.723. The van der Waals surface area contributed by atoms with Crippen LogP contribution in [0.4, 0.5) is 0 Å². The Balaban J connectivity index is 2.21. The lowest BCUT2D eigenvalue weighted by Crippen LogP contribution is -2.09. The predicted molar refractivity (Wildman–Crippen MR) is 67.6 cm³/mol. The number of rotatable bonds is 6. The molecule has 1 nitrogen and oxygen atoms in total. The van der Waals surface area contributed by atoms with Gasteiger partial charge in [-0.2, -0.15) is 0 Å². The first-order chi connectivity index (χ1) is 6.86. The van der Waals surface area contributed by atoms with Crippen molar-refractivity contribution in [3.8, 4) is 5.75 Å². The first-order valence-electron chi connectivity index (χ1n) is 4.66. The van der Waals surface area contributed by atoms with E-state index in [1.165, 1.54) is 0 Å². The minimum Gasteiger partial charge on any atom is -0.494 e. The van der Waals surface area contributed by atoms with E-state index in [4.69, 9.17) is 4.74 Å². The maximum Gasteiger partial charge on any atom is 0.119 e. The van der Waals surface area contributed by atoms with E-state index < -0.39 is 0 Å². The molecule has 0 saturated heterocycles. The van der Waals surface area contributed by atoms with Crippen molar-refractivity contribution < 1.29 is 4.74 Å². The van der Waals surface area contributed by atoms with Crippen LogP contribution < -0.4 is 4.74 Å². The van der Waals surface area contributed by atoms with Gasteiger partial charge in [-0.15, -0.1) is 0 Å². The predicted octanol–water partition coefficient (Wildman–Crippen LogP) is 3.86. The molecule has 0 heterocycles. The van der Waals surface area contributed by atoms with Crippen molar-refractivity contribution in [3.05, 3.63) is 30.3 Å². The van der Waals surface area contributed by atoms with E-state index in [1.54, 1.807) is 0 Å². The summed E-state index contributed by atoms with van der Waals surface area (Å²) in [5.41, 5.74) is 0. The molecule has 0 aliphatic rings. The summed E-state index contributed by atoms with van der Waals surface area (Å²) in [5.74, 6) is 1.61. The fraction of sp³-hybridized carbons (Fsp3) is 0.455. The third-order valence-corrected chi connectivity index (χ3v) is 3.81. The fourth-order valence-corrected chi connectivity index (χ4v) is 2.78. The van der Waals surface area contributed by atoms with Gasteiger partial charge in [0.2, 0.25) is 0 Å². The van der Waals surface area contributed by atoms with Crippen molar-refractivity contribution >= 4 is 31.9 Å². The van der Waals surface area contributed by atoms with Crippen molar-refractivity contribution in [1.29, 1.82) is 0 Å². The second-order valence-electron chi connectivity index (χ2n) is 3.12. The van der Waals surface area contributed by atoms with Gasteiger partial charge in [0.25, 0.3) is 0 Å². The number of benzene rings is 1. The van der Waals surface area contributed by atoms with Crippen LogP contribution in [0, 0.1) is 5.92 Å². The minimum absolute atomic E-state index is 0.652. The Morgan fingerprint density at radius 1 is 1.07 bits per heavy atom. The lowest BCUT2D eigenvalue weighted by molar-refractivity contribution is 0.292. The van der Waals surface area contributed by atoms with Gasteiger partial charge in [0.1, 0.15) is 5.75 Å². The summed E-state index contributed by atoms with van der Waals surface area (Å²) in [4.78, 5) is 0. The Morgan fingerprint density at radius 2 is 1.71 bits per heavy atom. The molecule has 1 aromatic rings. The van der Waals surface area contributed by atoms with Crippen molar-refractivity contribution in [3.63, 3.8) is 0 Å². The molecule has 0 bridgehead atoms. The lowest BCUT2D eigenvalue weighted by Gasteiger charge is -2.11. The monoisotopic (exact) mass is 320 g/mol. The van der Waals surface area contributed by atoms with Crippen LogP contribution in [0.25, 0.3) is 0 Å². The molecule has 0 saturated carbocycles. The molecule has 0 aromatic heterocycles. The number of hydrogen-bond acceptors (Lipinski definition) is 1. The number of hydrogen-bond donors (Lipinski definition) is 0. The van der Waals surface area contributed by atoms with E-state index >= 15 is 0 Å². The molecule has 0 fully saturated rings. The zero-order chi connectivity index (χ0) is 10.2. The highest BCUT2D eigenvalue weighted by Gasteiger charge is 2.04. The van der Waals surface area contributed by atoms with Gasteiger partial charge in [-0.1, -0.05) is 50.1 Å². The van der Waals surface area contributed by atoms with E-state index in [1.807, 2.05) is 30.3 Å². The summed E-state index contributed by atoms with van der Waals surface area (Å²) in [6.07, 6.45) is 1.07. The Hall–Kier alpha value is -0.0200. The standard InChI is InChI=1S/C11H14Br2O/c12-8-10(9-13)6-7-14-11-4-2-1-3-5-11/h1-5,10H,6-9H2. The molecular formula is C11H14Br2O. The normalized spacial score (nSPS) is 10.5. The molecule has 0 N–H and O–H groups in total. The summed E-state index contributed by atoms with van der Waals surface area (Å²) >= 11 is 6.95. The SMILES string of the molecule is BrCC(CBr)CCOc1ccccc1. The average Bonchev–Trinajstić information content (AvgIpc) is 2.26. The van der Waals surface area contributed by atoms with Gasteiger partial charge >= 0.3 is 0 Å². The zero-order valence-electron chi connectivity index (χ0n) is 7.96. The largest absolute Gasteiger partial charge is 0.494 e. The van der Waals surface area contributed by atoms with Gasteiger partial charge in [0.05, 0.1) is 6.61 Å². The fourth-order valence-electron chi connectivity index (χ4n) is 1.06. The molecule has 3 heteroatoms.